The van der Waals surface area contributed by atoms with Crippen LogP contribution in [0.4, 0.5) is 5.69 Å². The third kappa shape index (κ3) is 7.30. The van der Waals surface area contributed by atoms with E-state index in [-0.39, 0.29) is 12.0 Å². The van der Waals surface area contributed by atoms with Crippen LogP contribution in [0.3, 0.4) is 0 Å². The van der Waals surface area contributed by atoms with Gasteiger partial charge in [0.15, 0.2) is 6.10 Å². The average Bonchev–Trinajstić information content (AvgIpc) is 4.01. The number of methoxy groups -OCH3 is 3. The molecule has 10 rings (SSSR count). The number of thioether (sulfide) groups is 1. The molecule has 0 radical (unpaired) electrons. The fourth-order valence-corrected chi connectivity index (χ4v) is 15.8. The molecule has 2 bridgehead atoms. The molecule has 7 heterocycles. The summed E-state index contributed by atoms with van der Waals surface area (Å²) in [6, 6.07) is 9.41. The number of piperidine rings is 1. The highest BCUT2D eigenvalue weighted by atomic mass is 32.2. The molecule has 1 saturated carbocycles. The lowest BCUT2D eigenvalue weighted by atomic mass is 9.47. The van der Waals surface area contributed by atoms with Crippen molar-refractivity contribution in [2.75, 3.05) is 105 Å². The lowest BCUT2D eigenvalue weighted by Crippen LogP contribution is -2.81. The van der Waals surface area contributed by atoms with E-state index in [2.05, 4.69) is 56.1 Å². The summed E-state index contributed by atoms with van der Waals surface area (Å²) in [5, 5.41) is 26.7. The number of carbonyl (C=O) groups is 3. The molecule has 69 heavy (non-hydrogen) atoms. The van der Waals surface area contributed by atoms with Crippen LogP contribution in [0.1, 0.15) is 81.7 Å². The third-order valence-corrected chi connectivity index (χ3v) is 18.7. The minimum absolute atomic E-state index is 0.119. The van der Waals surface area contributed by atoms with E-state index in [4.69, 9.17) is 23.7 Å². The van der Waals surface area contributed by atoms with Crippen molar-refractivity contribution in [1.29, 1.82) is 0 Å². The number of nitrogens with one attached hydrogen (secondary N) is 1. The van der Waals surface area contributed by atoms with Crippen LogP contribution >= 0.6 is 11.8 Å². The number of nitrogens with zero attached hydrogens (tertiary/aromatic N) is 4. The molecule has 1 aliphatic carbocycles. The standard InChI is InChI=1S/C53H71N5O10S/c1-8-49(62)29-34-30-52(47(60)65-6,43-36(14-19-57(31-34)32-49)37-26-35(12-13-40(37)54-43)69-25-11-17-56-21-23-67-24-22-56)39-27-38-41(28-42(39)64-5)55(4)45-51(38)16-20-58-18-10-15-50(9-2,44(51)58)46(68-33(3)59)53(45,63)48(61)66-7/h10,12-13,15,26-28,34,44-46,54,62-63H,8-9,11,14,16-25,29-32H2,1-7H3/t34-,44+,45-,46-,49+,50-,51-,52+,53+/m1/s1. The summed E-state index contributed by atoms with van der Waals surface area (Å²) in [7, 11) is 6.21. The molecule has 3 saturated heterocycles. The van der Waals surface area contributed by atoms with Gasteiger partial charge in [0.1, 0.15) is 11.2 Å². The van der Waals surface area contributed by atoms with Crippen molar-refractivity contribution < 1.29 is 48.3 Å². The Kier molecular flexibility index (Phi) is 12.8. The number of H-pyrrole nitrogens is 1. The monoisotopic (exact) mass is 969 g/mol. The first-order chi connectivity index (χ1) is 33.2. The molecule has 7 aliphatic rings. The van der Waals surface area contributed by atoms with Crippen LogP contribution in [-0.4, -0.2) is 177 Å². The molecule has 2 aromatic carbocycles. The molecule has 374 valence electrons. The zero-order valence-corrected chi connectivity index (χ0v) is 42.3. The van der Waals surface area contributed by atoms with Crippen LogP contribution < -0.4 is 9.64 Å². The molecular formula is C53H71N5O10S. The van der Waals surface area contributed by atoms with Gasteiger partial charge in [-0.05, 0) is 105 Å². The Labute approximate surface area is 410 Å². The Morgan fingerprint density at radius 1 is 0.942 bits per heavy atom. The van der Waals surface area contributed by atoms with Crippen molar-refractivity contribution in [2.45, 2.75) is 111 Å². The Bertz CT molecular complexity index is 2530. The number of fused-ring (bicyclic) bond motifs is 6. The van der Waals surface area contributed by atoms with Gasteiger partial charge in [-0.3, -0.25) is 24.3 Å². The van der Waals surface area contributed by atoms with Crippen LogP contribution in [-0.2, 0) is 50.6 Å². The zero-order valence-electron chi connectivity index (χ0n) is 41.4. The zero-order chi connectivity index (χ0) is 48.7. The number of esters is 3. The number of rotatable bonds is 12. The summed E-state index contributed by atoms with van der Waals surface area (Å²) >= 11 is 1.85. The molecular weight excluding hydrogens is 899 g/mol. The second-order valence-electron chi connectivity index (χ2n) is 21.0. The second kappa shape index (κ2) is 18.2. The number of morpholine rings is 1. The molecule has 1 unspecified atom stereocenters. The van der Waals surface area contributed by atoms with Gasteiger partial charge in [0.25, 0.3) is 0 Å². The number of likely N-dealkylation sites (N-methyl/N-ethyl adjacent to an activating group) is 1. The second-order valence-corrected chi connectivity index (χ2v) is 22.2. The Balaban J connectivity index is 1.19. The van der Waals surface area contributed by atoms with Crippen LogP contribution in [0, 0.1) is 11.3 Å². The number of hydrogen-bond acceptors (Lipinski definition) is 15. The number of aromatic nitrogens is 1. The van der Waals surface area contributed by atoms with Crippen molar-refractivity contribution in [1.82, 2.24) is 19.7 Å². The van der Waals surface area contributed by atoms with Gasteiger partial charge in [-0.1, -0.05) is 26.0 Å². The lowest BCUT2D eigenvalue weighted by Gasteiger charge is -2.63. The van der Waals surface area contributed by atoms with Gasteiger partial charge in [0, 0.05) is 109 Å². The lowest BCUT2D eigenvalue weighted by molar-refractivity contribution is -0.228. The molecule has 1 aromatic heterocycles. The van der Waals surface area contributed by atoms with Gasteiger partial charge in [0.05, 0.1) is 46.2 Å². The van der Waals surface area contributed by atoms with Crippen molar-refractivity contribution in [2.24, 2.45) is 11.3 Å². The van der Waals surface area contributed by atoms with E-state index < -0.39 is 57.5 Å². The fraction of sp³-hybridized carbons (Fsp3) is 0.642. The molecule has 3 aromatic rings. The van der Waals surface area contributed by atoms with E-state index in [1.54, 1.807) is 7.11 Å². The number of aromatic amines is 1. The van der Waals surface area contributed by atoms with Crippen molar-refractivity contribution in [3.05, 3.63) is 64.9 Å². The normalized spacial score (nSPS) is 35.0. The van der Waals surface area contributed by atoms with E-state index in [9.17, 15) is 19.8 Å². The highest BCUT2D eigenvalue weighted by molar-refractivity contribution is 7.99. The number of anilines is 1. The minimum atomic E-state index is -2.32. The third-order valence-electron chi connectivity index (χ3n) is 17.7. The summed E-state index contributed by atoms with van der Waals surface area (Å²) in [4.78, 5) is 57.6. The number of carbonyl (C=O) groups excluding carboxylic acids is 3. The molecule has 10 atom stereocenters. The minimum Gasteiger partial charge on any atom is -0.496 e. The van der Waals surface area contributed by atoms with Crippen LogP contribution in [0.5, 0.6) is 5.75 Å². The van der Waals surface area contributed by atoms with Crippen LogP contribution in [0.2, 0.25) is 0 Å². The number of aliphatic hydroxyl groups is 2. The number of benzene rings is 2. The summed E-state index contributed by atoms with van der Waals surface area (Å²) in [6.07, 6.45) is 6.96. The predicted molar refractivity (Wildman–Crippen MR) is 263 cm³/mol. The van der Waals surface area contributed by atoms with E-state index in [0.29, 0.717) is 82.6 Å². The van der Waals surface area contributed by atoms with E-state index in [1.165, 1.54) is 21.1 Å². The van der Waals surface area contributed by atoms with Crippen LogP contribution in [0.15, 0.2) is 47.4 Å². The first-order valence-corrected chi connectivity index (χ1v) is 26.1. The van der Waals surface area contributed by atoms with Gasteiger partial charge in [0.2, 0.25) is 5.60 Å². The molecule has 4 fully saturated rings. The SMILES string of the molecule is CC[C@]1(O)C[C@H]2CN(CCc3c([nH]c4ccc(SCCCN5CCOCC5)cc34)[C@@](C(=O)OC)(c3cc4c(cc3OC)N(C)[C@H]3[C@@](O)(C(=O)OC)[C@H](OC(C)=O)[C@]5(CC)C=CCN6CC[C@]43[C@@H]65)C2)C1. The van der Waals surface area contributed by atoms with Gasteiger partial charge >= 0.3 is 17.9 Å². The summed E-state index contributed by atoms with van der Waals surface area (Å²) in [5.74, 6) is -0.612. The Morgan fingerprint density at radius 2 is 1.72 bits per heavy atom. The molecule has 3 N–H and O–H groups in total. The Morgan fingerprint density at radius 3 is 2.43 bits per heavy atom. The summed E-state index contributed by atoms with van der Waals surface area (Å²) in [5.41, 5.74) is -1.70. The quantitative estimate of drug-likeness (QED) is 0.0745. The summed E-state index contributed by atoms with van der Waals surface area (Å²) < 4.78 is 29.8. The smallest absolute Gasteiger partial charge is 0.344 e. The van der Waals surface area contributed by atoms with E-state index in [0.717, 1.165) is 83.3 Å². The number of hydrogen-bond donors (Lipinski definition) is 3. The van der Waals surface area contributed by atoms with Gasteiger partial charge in [-0.25, -0.2) is 4.79 Å². The van der Waals surface area contributed by atoms with Gasteiger partial charge in [-0.2, -0.15) is 0 Å². The van der Waals surface area contributed by atoms with Crippen LogP contribution in [0.25, 0.3) is 10.9 Å². The topological polar surface area (TPSA) is 167 Å². The van der Waals surface area contributed by atoms with E-state index in [1.807, 2.05) is 43.6 Å². The highest BCUT2D eigenvalue weighted by Gasteiger charge is 2.80. The summed E-state index contributed by atoms with van der Waals surface area (Å²) in [6.45, 7) is 13.2. The fourth-order valence-electron chi connectivity index (χ4n) is 14.9. The highest BCUT2D eigenvalue weighted by Crippen LogP contribution is 2.68. The molecule has 16 heteroatoms. The molecule has 1 spiro atoms. The average molecular weight is 970 g/mol. The number of ether oxygens (including phenoxy) is 5. The molecule has 6 aliphatic heterocycles. The maximum absolute atomic E-state index is 15.7. The van der Waals surface area contributed by atoms with Gasteiger partial charge < -0.3 is 43.8 Å². The van der Waals surface area contributed by atoms with Gasteiger partial charge in [-0.15, -0.1) is 11.8 Å². The van der Waals surface area contributed by atoms with E-state index >= 15 is 4.79 Å². The predicted octanol–water partition coefficient (Wildman–Crippen LogP) is 4.81. The maximum Gasteiger partial charge on any atom is 0.344 e. The van der Waals surface area contributed by atoms with Crippen molar-refractivity contribution in [3.63, 3.8) is 0 Å². The first-order valence-electron chi connectivity index (χ1n) is 25.1. The molecule has 15 nitrogen and oxygen atoms in total. The maximum atomic E-state index is 15.7. The first kappa shape index (κ1) is 48.5. The Hall–Kier alpha value is -4.16. The largest absolute Gasteiger partial charge is 0.496 e. The van der Waals surface area contributed by atoms with Crippen molar-refractivity contribution >= 4 is 46.3 Å². The molecule has 0 amide bonds. The van der Waals surface area contributed by atoms with Crippen molar-refractivity contribution in [3.8, 4) is 5.75 Å².